The van der Waals surface area contributed by atoms with Crippen LogP contribution >= 0.6 is 0 Å². The fraction of sp³-hybridized carbons (Fsp3) is 0.448. The van der Waals surface area contributed by atoms with Gasteiger partial charge >= 0.3 is 0 Å². The molecule has 3 saturated heterocycles. The molecule has 0 spiro atoms. The van der Waals surface area contributed by atoms with E-state index in [-0.39, 0.29) is 29.6 Å². The molecule has 0 aliphatic carbocycles. The molecule has 5 rings (SSSR count). The zero-order valence-electron chi connectivity index (χ0n) is 22.0. The molecule has 3 aliphatic rings. The van der Waals surface area contributed by atoms with E-state index in [1.54, 1.807) is 11.8 Å². The average Bonchev–Trinajstić information content (AvgIpc) is 3.17. The molecular weight excluding hydrogens is 482 g/mol. The van der Waals surface area contributed by atoms with Crippen molar-refractivity contribution in [2.24, 2.45) is 5.92 Å². The third-order valence-corrected chi connectivity index (χ3v) is 7.99. The van der Waals surface area contributed by atoms with Gasteiger partial charge in [0.15, 0.2) is 5.96 Å². The van der Waals surface area contributed by atoms with E-state index in [2.05, 4.69) is 5.32 Å². The largest absolute Gasteiger partial charge is 0.378 e. The molecule has 1 unspecified atom stereocenters. The van der Waals surface area contributed by atoms with Crippen LogP contribution in [-0.4, -0.2) is 84.3 Å². The van der Waals surface area contributed by atoms with Gasteiger partial charge in [-0.3, -0.25) is 24.7 Å². The maximum atomic E-state index is 13.6. The number of nitrogens with zero attached hydrogens (tertiary/aromatic N) is 3. The van der Waals surface area contributed by atoms with Crippen molar-refractivity contribution in [2.75, 3.05) is 45.9 Å². The number of rotatable bonds is 5. The maximum absolute atomic E-state index is 13.6. The molecule has 2 aromatic carbocycles. The van der Waals surface area contributed by atoms with Gasteiger partial charge in [0.2, 0.25) is 5.91 Å². The van der Waals surface area contributed by atoms with Crippen molar-refractivity contribution in [1.82, 2.24) is 20.0 Å². The summed E-state index contributed by atoms with van der Waals surface area (Å²) in [7, 11) is 0. The van der Waals surface area contributed by atoms with Crippen molar-refractivity contribution in [3.63, 3.8) is 0 Å². The molecule has 3 amide bonds. The first-order chi connectivity index (χ1) is 18.3. The van der Waals surface area contributed by atoms with Crippen LogP contribution in [0.1, 0.15) is 42.6 Å². The Kier molecular flexibility index (Phi) is 7.21. The molecule has 3 aliphatic heterocycles. The van der Waals surface area contributed by atoms with Crippen LogP contribution in [-0.2, 0) is 19.9 Å². The van der Waals surface area contributed by atoms with Gasteiger partial charge in [-0.15, -0.1) is 0 Å². The lowest BCUT2D eigenvalue weighted by molar-refractivity contribution is -0.133. The summed E-state index contributed by atoms with van der Waals surface area (Å²) < 4.78 is 5.37. The summed E-state index contributed by atoms with van der Waals surface area (Å²) in [5.74, 6) is 0.278. The van der Waals surface area contributed by atoms with Crippen LogP contribution in [0.4, 0.5) is 0 Å². The molecule has 9 nitrogen and oxygen atoms in total. The summed E-state index contributed by atoms with van der Waals surface area (Å²) in [5.41, 5.74) is 2.12. The van der Waals surface area contributed by atoms with E-state index >= 15 is 0 Å². The summed E-state index contributed by atoms with van der Waals surface area (Å²) in [4.78, 5) is 43.5. The van der Waals surface area contributed by atoms with Crippen molar-refractivity contribution in [3.8, 4) is 11.1 Å². The number of piperidine rings is 1. The van der Waals surface area contributed by atoms with Crippen LogP contribution in [0.2, 0.25) is 0 Å². The molecule has 1 atom stereocenters. The van der Waals surface area contributed by atoms with E-state index in [9.17, 15) is 14.4 Å². The summed E-state index contributed by atoms with van der Waals surface area (Å²) in [6.07, 6.45) is 1.64. The Bertz CT molecular complexity index is 1250. The van der Waals surface area contributed by atoms with E-state index < -0.39 is 5.54 Å². The number of carbonyl (C=O) groups is 3. The Morgan fingerprint density at radius 1 is 1.00 bits per heavy atom. The van der Waals surface area contributed by atoms with Crippen molar-refractivity contribution < 1.29 is 19.1 Å². The minimum atomic E-state index is -1.06. The Morgan fingerprint density at radius 3 is 2.34 bits per heavy atom. The molecule has 2 aromatic rings. The number of amides is 3. The minimum absolute atomic E-state index is 0.0101. The molecule has 0 bridgehead atoms. The van der Waals surface area contributed by atoms with E-state index in [0.29, 0.717) is 51.5 Å². The topological polar surface area (TPSA) is 106 Å². The molecule has 0 saturated carbocycles. The molecule has 9 heteroatoms. The predicted octanol–water partition coefficient (Wildman–Crippen LogP) is 2.67. The van der Waals surface area contributed by atoms with Crippen LogP contribution in [0.15, 0.2) is 48.5 Å². The minimum Gasteiger partial charge on any atom is -0.378 e. The highest BCUT2D eigenvalue weighted by Gasteiger charge is 2.47. The average molecular weight is 518 g/mol. The lowest BCUT2D eigenvalue weighted by Gasteiger charge is -2.33. The summed E-state index contributed by atoms with van der Waals surface area (Å²) in [6, 6.07) is 15.3. The molecule has 0 radical (unpaired) electrons. The van der Waals surface area contributed by atoms with Gasteiger partial charge in [-0.2, -0.15) is 0 Å². The quantitative estimate of drug-likeness (QED) is 0.634. The zero-order chi connectivity index (χ0) is 26.9. The number of guanidine groups is 1. The number of benzene rings is 2. The third kappa shape index (κ3) is 5.03. The summed E-state index contributed by atoms with van der Waals surface area (Å²) >= 11 is 0. The molecule has 0 aromatic heterocycles. The number of nitrogens with one attached hydrogen (secondary N) is 2. The van der Waals surface area contributed by atoms with Gasteiger partial charge in [-0.25, -0.2) is 0 Å². The number of ether oxygens (including phenoxy) is 1. The van der Waals surface area contributed by atoms with Gasteiger partial charge < -0.3 is 19.9 Å². The van der Waals surface area contributed by atoms with Crippen molar-refractivity contribution >= 4 is 23.7 Å². The number of likely N-dealkylation sites (tertiary alicyclic amines) is 1. The molecule has 3 fully saturated rings. The highest BCUT2D eigenvalue weighted by molar-refractivity contribution is 6.08. The standard InChI is InChI=1S/C29H35N5O4/c1-20(35)32-11-9-21(10-12-32)19-34-27(37)29(2,31-28(34)30)25-8-4-6-23(18-25)22-5-3-7-24(17-22)26(36)33-13-15-38-16-14-33/h3-8,17-18,21H,9-16,19H2,1-2H3,(H2,30,31). The van der Waals surface area contributed by atoms with Crippen molar-refractivity contribution in [2.45, 2.75) is 32.2 Å². The number of morpholine rings is 1. The first-order valence-corrected chi connectivity index (χ1v) is 13.3. The van der Waals surface area contributed by atoms with E-state index in [4.69, 9.17) is 10.1 Å². The van der Waals surface area contributed by atoms with Gasteiger partial charge in [-0.05, 0) is 60.6 Å². The van der Waals surface area contributed by atoms with E-state index in [1.165, 1.54) is 0 Å². The third-order valence-electron chi connectivity index (χ3n) is 7.99. The SMILES string of the molecule is CC(=O)N1CCC(CN2C(=N)NC(C)(c3cccc(-c4cccc(C(=O)N5CCOCC5)c4)c3)C2=O)CC1. The van der Waals surface area contributed by atoms with Crippen LogP contribution in [0.5, 0.6) is 0 Å². The van der Waals surface area contributed by atoms with Crippen LogP contribution in [0.25, 0.3) is 11.1 Å². The van der Waals surface area contributed by atoms with E-state index in [1.807, 2.05) is 65.3 Å². The van der Waals surface area contributed by atoms with Gasteiger partial charge in [-0.1, -0.05) is 30.3 Å². The van der Waals surface area contributed by atoms with Gasteiger partial charge in [0.1, 0.15) is 5.54 Å². The lowest BCUT2D eigenvalue weighted by Crippen LogP contribution is -2.43. The Morgan fingerprint density at radius 2 is 1.66 bits per heavy atom. The first-order valence-electron chi connectivity index (χ1n) is 13.3. The zero-order valence-corrected chi connectivity index (χ0v) is 22.0. The number of hydrogen-bond donors (Lipinski definition) is 2. The first kappa shape index (κ1) is 25.9. The highest BCUT2D eigenvalue weighted by Crippen LogP contribution is 2.33. The van der Waals surface area contributed by atoms with Crippen molar-refractivity contribution in [1.29, 1.82) is 5.41 Å². The van der Waals surface area contributed by atoms with Crippen molar-refractivity contribution in [3.05, 3.63) is 59.7 Å². The second kappa shape index (κ2) is 10.6. The Hall–Kier alpha value is -3.72. The summed E-state index contributed by atoms with van der Waals surface area (Å²) in [6.45, 7) is 7.53. The second-order valence-corrected chi connectivity index (χ2v) is 10.5. The van der Waals surface area contributed by atoms with Gasteiger partial charge in [0, 0.05) is 45.2 Å². The fourth-order valence-corrected chi connectivity index (χ4v) is 5.58. The van der Waals surface area contributed by atoms with Gasteiger partial charge in [0.25, 0.3) is 11.8 Å². The molecule has 2 N–H and O–H groups in total. The lowest BCUT2D eigenvalue weighted by atomic mass is 9.89. The molecule has 200 valence electrons. The molecule has 3 heterocycles. The maximum Gasteiger partial charge on any atom is 0.259 e. The number of carbonyl (C=O) groups excluding carboxylic acids is 3. The van der Waals surface area contributed by atoms with Gasteiger partial charge in [0.05, 0.1) is 13.2 Å². The molecular formula is C29H35N5O4. The Balaban J connectivity index is 1.33. The highest BCUT2D eigenvalue weighted by atomic mass is 16.5. The monoisotopic (exact) mass is 517 g/mol. The predicted molar refractivity (Wildman–Crippen MR) is 144 cm³/mol. The van der Waals surface area contributed by atoms with Crippen LogP contribution in [0, 0.1) is 11.3 Å². The van der Waals surface area contributed by atoms with Crippen LogP contribution < -0.4 is 5.32 Å². The normalized spacial score (nSPS) is 22.5. The van der Waals surface area contributed by atoms with E-state index in [0.717, 1.165) is 29.5 Å². The Labute approximate surface area is 223 Å². The smallest absolute Gasteiger partial charge is 0.259 e. The summed E-state index contributed by atoms with van der Waals surface area (Å²) in [5, 5.41) is 11.7. The second-order valence-electron chi connectivity index (χ2n) is 10.5. The fourth-order valence-electron chi connectivity index (χ4n) is 5.58. The number of hydrogen-bond acceptors (Lipinski definition) is 5. The molecule has 38 heavy (non-hydrogen) atoms. The van der Waals surface area contributed by atoms with Crippen LogP contribution in [0.3, 0.4) is 0 Å².